The van der Waals surface area contributed by atoms with Crippen LogP contribution in [-0.4, -0.2) is 41.8 Å². The Kier molecular flexibility index (Phi) is 3.25. The third-order valence-corrected chi connectivity index (χ3v) is 3.63. The van der Waals surface area contributed by atoms with Crippen LogP contribution in [0, 0.1) is 5.92 Å². The molecule has 0 N–H and O–H groups in total. The van der Waals surface area contributed by atoms with Gasteiger partial charge in [0.1, 0.15) is 11.6 Å². The lowest BCUT2D eigenvalue weighted by Gasteiger charge is -2.34. The Labute approximate surface area is 107 Å². The first-order valence-corrected chi connectivity index (χ1v) is 6.42. The molecule has 1 aliphatic carbocycles. The zero-order chi connectivity index (χ0) is 13.5. The van der Waals surface area contributed by atoms with Gasteiger partial charge in [0, 0.05) is 6.04 Å². The van der Waals surface area contributed by atoms with Gasteiger partial charge >= 0.3 is 12.1 Å². The molecule has 1 heterocycles. The molecule has 1 saturated carbocycles. The van der Waals surface area contributed by atoms with E-state index in [0.29, 0.717) is 0 Å². The van der Waals surface area contributed by atoms with Gasteiger partial charge in [-0.3, -0.25) is 4.90 Å². The summed E-state index contributed by atoms with van der Waals surface area (Å²) < 4.78 is 10.2. The second-order valence-electron chi connectivity index (χ2n) is 6.08. The fourth-order valence-corrected chi connectivity index (χ4v) is 2.99. The summed E-state index contributed by atoms with van der Waals surface area (Å²) in [5, 5.41) is 0. The van der Waals surface area contributed by atoms with Crippen LogP contribution in [0.5, 0.6) is 0 Å². The van der Waals surface area contributed by atoms with Gasteiger partial charge in [0.05, 0.1) is 7.11 Å². The summed E-state index contributed by atoms with van der Waals surface area (Å²) in [5.41, 5.74) is -0.542. The standard InChI is InChI=1S/C13H21NO4/c1-13(2,3)18-12(16)14-9-6-5-8(7-9)10(14)11(15)17-4/h8-10H,5-7H2,1-4H3/t8?,9-,10+/m1/s1. The summed E-state index contributed by atoms with van der Waals surface area (Å²) in [6, 6.07) is -0.322. The molecule has 3 atom stereocenters. The normalized spacial score (nSPS) is 30.4. The quantitative estimate of drug-likeness (QED) is 0.672. The molecule has 1 aliphatic heterocycles. The zero-order valence-corrected chi connectivity index (χ0v) is 11.4. The number of amides is 1. The lowest BCUT2D eigenvalue weighted by Crippen LogP contribution is -2.51. The lowest BCUT2D eigenvalue weighted by molar-refractivity contribution is -0.148. The summed E-state index contributed by atoms with van der Waals surface area (Å²) in [5.74, 6) is -0.0944. The van der Waals surface area contributed by atoms with Crippen molar-refractivity contribution < 1.29 is 19.1 Å². The van der Waals surface area contributed by atoms with Crippen LogP contribution in [0.1, 0.15) is 40.0 Å². The Hall–Kier alpha value is -1.26. The van der Waals surface area contributed by atoms with Gasteiger partial charge in [-0.05, 0) is 46.0 Å². The molecule has 0 radical (unpaired) electrons. The maximum absolute atomic E-state index is 12.2. The fourth-order valence-electron chi connectivity index (χ4n) is 2.99. The number of fused-ring (bicyclic) bond motifs is 2. The SMILES string of the molecule is COC(=O)[C@@H]1C2CC[C@H](C2)N1C(=O)OC(C)(C)C. The first-order valence-electron chi connectivity index (χ1n) is 6.42. The highest BCUT2D eigenvalue weighted by atomic mass is 16.6. The number of methoxy groups -OCH3 is 1. The van der Waals surface area contributed by atoms with E-state index >= 15 is 0 Å². The minimum Gasteiger partial charge on any atom is -0.467 e. The largest absolute Gasteiger partial charge is 0.467 e. The number of piperidine rings is 1. The molecule has 0 aromatic rings. The highest BCUT2D eigenvalue weighted by molar-refractivity contribution is 5.83. The van der Waals surface area contributed by atoms with E-state index in [0.717, 1.165) is 19.3 Å². The molecule has 1 unspecified atom stereocenters. The fraction of sp³-hybridized carbons (Fsp3) is 0.846. The molecule has 0 aromatic carbocycles. The van der Waals surface area contributed by atoms with E-state index in [1.54, 1.807) is 4.90 Å². The van der Waals surface area contributed by atoms with Crippen LogP contribution in [0.2, 0.25) is 0 Å². The molecule has 1 amide bonds. The summed E-state index contributed by atoms with van der Waals surface area (Å²) in [6.07, 6.45) is 2.44. The molecular weight excluding hydrogens is 234 g/mol. The number of ether oxygens (including phenoxy) is 2. The predicted molar refractivity (Wildman–Crippen MR) is 65.0 cm³/mol. The average Bonchev–Trinajstić information content (AvgIpc) is 2.84. The van der Waals surface area contributed by atoms with Crippen molar-refractivity contribution in [3.05, 3.63) is 0 Å². The Bertz CT molecular complexity index is 360. The summed E-state index contributed by atoms with van der Waals surface area (Å²) in [6.45, 7) is 5.48. The molecule has 1 saturated heterocycles. The van der Waals surface area contributed by atoms with Crippen molar-refractivity contribution in [1.82, 2.24) is 4.90 Å². The average molecular weight is 255 g/mol. The van der Waals surface area contributed by atoms with Crippen molar-refractivity contribution in [3.8, 4) is 0 Å². The van der Waals surface area contributed by atoms with Crippen molar-refractivity contribution in [2.24, 2.45) is 5.92 Å². The first-order chi connectivity index (χ1) is 8.33. The van der Waals surface area contributed by atoms with Crippen molar-refractivity contribution in [2.75, 3.05) is 7.11 Å². The second-order valence-corrected chi connectivity index (χ2v) is 6.08. The highest BCUT2D eigenvalue weighted by Gasteiger charge is 2.53. The van der Waals surface area contributed by atoms with Crippen LogP contribution >= 0.6 is 0 Å². The number of carbonyl (C=O) groups is 2. The van der Waals surface area contributed by atoms with Crippen LogP contribution in [-0.2, 0) is 14.3 Å². The van der Waals surface area contributed by atoms with E-state index in [4.69, 9.17) is 9.47 Å². The first kappa shape index (κ1) is 13.2. The van der Waals surface area contributed by atoms with Gasteiger partial charge in [-0.2, -0.15) is 0 Å². The van der Waals surface area contributed by atoms with Crippen LogP contribution in [0.15, 0.2) is 0 Å². The molecule has 0 spiro atoms. The van der Waals surface area contributed by atoms with E-state index in [9.17, 15) is 9.59 Å². The van der Waals surface area contributed by atoms with Crippen LogP contribution in [0.3, 0.4) is 0 Å². The third kappa shape index (κ3) is 2.31. The number of carbonyl (C=O) groups excluding carboxylic acids is 2. The molecule has 0 aromatic heterocycles. The van der Waals surface area contributed by atoms with E-state index in [-0.39, 0.29) is 17.9 Å². The molecule has 5 nitrogen and oxygen atoms in total. The summed E-state index contributed by atoms with van der Waals surface area (Å²) in [4.78, 5) is 25.6. The van der Waals surface area contributed by atoms with Crippen molar-refractivity contribution >= 4 is 12.1 Å². The van der Waals surface area contributed by atoms with Gasteiger partial charge < -0.3 is 9.47 Å². The topological polar surface area (TPSA) is 55.8 Å². The number of likely N-dealkylation sites (tertiary alicyclic amines) is 1. The van der Waals surface area contributed by atoms with Gasteiger partial charge in [-0.25, -0.2) is 9.59 Å². The Morgan fingerprint density at radius 3 is 2.44 bits per heavy atom. The van der Waals surface area contributed by atoms with Crippen LogP contribution in [0.4, 0.5) is 4.79 Å². The minimum absolute atomic E-state index is 0.133. The Morgan fingerprint density at radius 2 is 1.89 bits per heavy atom. The summed E-state index contributed by atoms with van der Waals surface area (Å²) in [7, 11) is 1.36. The maximum atomic E-state index is 12.2. The molecule has 102 valence electrons. The van der Waals surface area contributed by atoms with Gasteiger partial charge in [0.2, 0.25) is 0 Å². The van der Waals surface area contributed by atoms with E-state index in [1.807, 2.05) is 20.8 Å². The van der Waals surface area contributed by atoms with Crippen molar-refractivity contribution in [1.29, 1.82) is 0 Å². The molecule has 2 bridgehead atoms. The van der Waals surface area contributed by atoms with E-state index in [2.05, 4.69) is 0 Å². The van der Waals surface area contributed by atoms with Crippen LogP contribution in [0.25, 0.3) is 0 Å². The maximum Gasteiger partial charge on any atom is 0.411 e. The van der Waals surface area contributed by atoms with Gasteiger partial charge in [-0.15, -0.1) is 0 Å². The number of hydrogen-bond acceptors (Lipinski definition) is 4. The number of rotatable bonds is 1. The summed E-state index contributed by atoms with van der Waals surface area (Å²) >= 11 is 0. The Balaban J connectivity index is 2.14. The van der Waals surface area contributed by atoms with Gasteiger partial charge in [0.15, 0.2) is 0 Å². The minimum atomic E-state index is -0.542. The van der Waals surface area contributed by atoms with Gasteiger partial charge in [0.25, 0.3) is 0 Å². The van der Waals surface area contributed by atoms with E-state index in [1.165, 1.54) is 7.11 Å². The molecule has 18 heavy (non-hydrogen) atoms. The monoisotopic (exact) mass is 255 g/mol. The molecule has 2 rings (SSSR count). The number of esters is 1. The molecule has 2 aliphatic rings. The van der Waals surface area contributed by atoms with Crippen LogP contribution < -0.4 is 0 Å². The molecule has 2 fully saturated rings. The Morgan fingerprint density at radius 1 is 1.22 bits per heavy atom. The highest BCUT2D eigenvalue weighted by Crippen LogP contribution is 2.43. The molecule has 5 heteroatoms. The third-order valence-electron chi connectivity index (χ3n) is 3.63. The molecular formula is C13H21NO4. The predicted octanol–water partition coefficient (Wildman–Crippen LogP) is 1.95. The second kappa shape index (κ2) is 4.44. The van der Waals surface area contributed by atoms with Crippen molar-refractivity contribution in [3.63, 3.8) is 0 Å². The zero-order valence-electron chi connectivity index (χ0n) is 11.4. The smallest absolute Gasteiger partial charge is 0.411 e. The van der Waals surface area contributed by atoms with Gasteiger partial charge in [-0.1, -0.05) is 0 Å². The lowest BCUT2D eigenvalue weighted by atomic mass is 9.99. The number of nitrogens with zero attached hydrogens (tertiary/aromatic N) is 1. The number of hydrogen-bond donors (Lipinski definition) is 0. The van der Waals surface area contributed by atoms with Crippen molar-refractivity contribution in [2.45, 2.75) is 57.7 Å². The van der Waals surface area contributed by atoms with E-state index < -0.39 is 17.7 Å².